The van der Waals surface area contributed by atoms with Crippen LogP contribution in [0.5, 0.6) is 0 Å². The molecular formula is C12H17NO4. The Kier molecular flexibility index (Phi) is 2.97. The number of hydrogen-bond donors (Lipinski definition) is 2. The zero-order chi connectivity index (χ0) is 12.5. The summed E-state index contributed by atoms with van der Waals surface area (Å²) >= 11 is 0. The number of carbonyl (C=O) groups is 1. The van der Waals surface area contributed by atoms with Gasteiger partial charge in [0.25, 0.3) is 0 Å². The van der Waals surface area contributed by atoms with Gasteiger partial charge in [-0.05, 0) is 18.2 Å². The fourth-order valence-electron chi connectivity index (χ4n) is 2.24. The van der Waals surface area contributed by atoms with Crippen LogP contribution in [-0.4, -0.2) is 43.0 Å². The van der Waals surface area contributed by atoms with E-state index in [9.17, 15) is 9.90 Å². The number of aliphatic hydroxyl groups is 1. The predicted molar refractivity (Wildman–Crippen MR) is 61.2 cm³/mol. The molecule has 0 saturated heterocycles. The van der Waals surface area contributed by atoms with E-state index in [1.807, 2.05) is 0 Å². The highest BCUT2D eigenvalue weighted by Gasteiger charge is 2.43. The summed E-state index contributed by atoms with van der Waals surface area (Å²) in [5.74, 6) is 0.354. The molecule has 2 aliphatic heterocycles. The van der Waals surface area contributed by atoms with Crippen LogP contribution in [0, 0.1) is 0 Å². The van der Waals surface area contributed by atoms with Crippen molar-refractivity contribution in [2.75, 3.05) is 20.8 Å². The summed E-state index contributed by atoms with van der Waals surface area (Å²) < 4.78 is 10.7. The van der Waals surface area contributed by atoms with Gasteiger partial charge in [-0.15, -0.1) is 0 Å². The molecule has 0 aromatic rings. The molecule has 5 heteroatoms. The van der Waals surface area contributed by atoms with Gasteiger partial charge in [-0.2, -0.15) is 0 Å². The van der Waals surface area contributed by atoms with E-state index in [0.29, 0.717) is 18.7 Å². The third kappa shape index (κ3) is 2.08. The minimum Gasteiger partial charge on any atom is -0.498 e. The van der Waals surface area contributed by atoms with Gasteiger partial charge in [0.15, 0.2) is 5.60 Å². The molecule has 3 rings (SSSR count). The van der Waals surface area contributed by atoms with Crippen molar-refractivity contribution in [1.82, 2.24) is 5.32 Å². The topological polar surface area (TPSA) is 67.8 Å². The first-order valence-electron chi connectivity index (χ1n) is 5.55. The molecule has 2 N–H and O–H groups in total. The van der Waals surface area contributed by atoms with Gasteiger partial charge in [-0.25, -0.2) is 0 Å². The van der Waals surface area contributed by atoms with Crippen molar-refractivity contribution in [3.63, 3.8) is 0 Å². The van der Waals surface area contributed by atoms with Crippen molar-refractivity contribution in [3.05, 3.63) is 24.0 Å². The van der Waals surface area contributed by atoms with Crippen molar-refractivity contribution in [2.24, 2.45) is 0 Å². The van der Waals surface area contributed by atoms with Crippen LogP contribution in [0.3, 0.4) is 0 Å². The molecular weight excluding hydrogens is 222 g/mol. The van der Waals surface area contributed by atoms with E-state index in [0.717, 1.165) is 0 Å². The van der Waals surface area contributed by atoms with Crippen LogP contribution in [0.2, 0.25) is 0 Å². The van der Waals surface area contributed by atoms with Gasteiger partial charge in [0.1, 0.15) is 11.4 Å². The largest absolute Gasteiger partial charge is 0.498 e. The van der Waals surface area contributed by atoms with Gasteiger partial charge in [0.2, 0.25) is 5.91 Å². The molecule has 2 bridgehead atoms. The molecule has 0 fully saturated rings. The summed E-state index contributed by atoms with van der Waals surface area (Å²) in [6, 6.07) is 0. The molecule has 0 spiro atoms. The first kappa shape index (κ1) is 12.1. The quantitative estimate of drug-likeness (QED) is 0.671. The number of amides is 1. The fourth-order valence-corrected chi connectivity index (χ4v) is 2.24. The van der Waals surface area contributed by atoms with Crippen LogP contribution in [0.25, 0.3) is 0 Å². The molecule has 0 aromatic carbocycles. The molecule has 0 saturated carbocycles. The number of methoxy groups -OCH3 is 2. The normalized spacial score (nSPS) is 36.6. The van der Waals surface area contributed by atoms with E-state index < -0.39 is 11.2 Å². The molecule has 94 valence electrons. The third-order valence-electron chi connectivity index (χ3n) is 3.29. The summed E-state index contributed by atoms with van der Waals surface area (Å²) in [5.41, 5.74) is -1.99. The van der Waals surface area contributed by atoms with Crippen LogP contribution < -0.4 is 5.32 Å². The number of fused-ring (bicyclic) bond motifs is 4. The lowest BCUT2D eigenvalue weighted by Crippen LogP contribution is -2.41. The maximum atomic E-state index is 11.7. The average Bonchev–Trinajstić information content (AvgIpc) is 2.40. The minimum absolute atomic E-state index is 0.120. The molecule has 17 heavy (non-hydrogen) atoms. The lowest BCUT2D eigenvalue weighted by atomic mass is 9.84. The maximum Gasteiger partial charge on any atom is 0.223 e. The van der Waals surface area contributed by atoms with Gasteiger partial charge in [-0.1, -0.05) is 0 Å². The van der Waals surface area contributed by atoms with E-state index in [4.69, 9.17) is 9.47 Å². The number of nitrogens with one attached hydrogen (secondary N) is 1. The average molecular weight is 239 g/mol. The zero-order valence-corrected chi connectivity index (χ0v) is 10.0. The Morgan fingerprint density at radius 1 is 1.41 bits per heavy atom. The molecule has 0 radical (unpaired) electrons. The van der Waals surface area contributed by atoms with Gasteiger partial charge in [0, 0.05) is 20.1 Å². The number of hydrogen-bond acceptors (Lipinski definition) is 4. The molecule has 5 nitrogen and oxygen atoms in total. The highest BCUT2D eigenvalue weighted by atomic mass is 16.5. The van der Waals surface area contributed by atoms with Crippen molar-refractivity contribution in [2.45, 2.75) is 24.0 Å². The monoisotopic (exact) mass is 239 g/mol. The summed E-state index contributed by atoms with van der Waals surface area (Å²) in [5, 5.41) is 13.0. The number of carbonyl (C=O) groups excluding carboxylic acids is 1. The standard InChI is InChI=1S/C12H17NO4/c1-16-9-7-11(15)3-4-12(9,17-2)8-10(14)13-6-5-11/h3-4,7,15H,5-6,8H2,1-2H3,(H,13,14). The third-order valence-corrected chi connectivity index (χ3v) is 3.29. The van der Waals surface area contributed by atoms with E-state index in [2.05, 4.69) is 5.32 Å². The van der Waals surface area contributed by atoms with E-state index in [1.165, 1.54) is 14.2 Å². The Labute approximate surface area is 100 Å². The molecule has 2 heterocycles. The van der Waals surface area contributed by atoms with Crippen molar-refractivity contribution < 1.29 is 19.4 Å². The first-order chi connectivity index (χ1) is 8.03. The Morgan fingerprint density at radius 2 is 2.18 bits per heavy atom. The van der Waals surface area contributed by atoms with Crippen LogP contribution in [0.1, 0.15) is 12.8 Å². The predicted octanol–water partition coefficient (Wildman–Crippen LogP) is 0.113. The first-order valence-corrected chi connectivity index (χ1v) is 5.55. The lowest BCUT2D eigenvalue weighted by molar-refractivity contribution is -0.125. The molecule has 1 amide bonds. The van der Waals surface area contributed by atoms with Crippen molar-refractivity contribution in [3.8, 4) is 0 Å². The van der Waals surface area contributed by atoms with Crippen LogP contribution in [0.4, 0.5) is 0 Å². The van der Waals surface area contributed by atoms with Crippen molar-refractivity contribution in [1.29, 1.82) is 0 Å². The van der Waals surface area contributed by atoms with E-state index >= 15 is 0 Å². The summed E-state index contributed by atoms with van der Waals surface area (Å²) in [6.07, 6.45) is 5.56. The minimum atomic E-state index is -1.08. The second-order valence-electron chi connectivity index (χ2n) is 4.41. The van der Waals surface area contributed by atoms with Gasteiger partial charge >= 0.3 is 0 Å². The molecule has 1 aliphatic carbocycles. The lowest BCUT2D eigenvalue weighted by Gasteiger charge is -2.35. The summed E-state index contributed by atoms with van der Waals surface area (Å²) in [6.45, 7) is 0.424. The van der Waals surface area contributed by atoms with Crippen molar-refractivity contribution >= 4 is 5.91 Å². The second-order valence-corrected chi connectivity index (χ2v) is 4.41. The Hall–Kier alpha value is -1.33. The fraction of sp³-hybridized carbons (Fsp3) is 0.583. The summed E-state index contributed by atoms with van der Waals surface area (Å²) in [7, 11) is 3.03. The van der Waals surface area contributed by atoms with E-state index in [1.54, 1.807) is 18.2 Å². The molecule has 3 aliphatic rings. The van der Waals surface area contributed by atoms with Gasteiger partial charge in [0.05, 0.1) is 13.5 Å². The smallest absolute Gasteiger partial charge is 0.223 e. The van der Waals surface area contributed by atoms with Crippen LogP contribution in [0.15, 0.2) is 24.0 Å². The van der Waals surface area contributed by atoms with Crippen LogP contribution >= 0.6 is 0 Å². The highest BCUT2D eigenvalue weighted by molar-refractivity contribution is 5.78. The summed E-state index contributed by atoms with van der Waals surface area (Å²) in [4.78, 5) is 11.7. The molecule has 2 atom stereocenters. The Balaban J connectivity index is 2.46. The van der Waals surface area contributed by atoms with Crippen LogP contribution in [-0.2, 0) is 14.3 Å². The second kappa shape index (κ2) is 4.16. The zero-order valence-electron chi connectivity index (χ0n) is 10.0. The Morgan fingerprint density at radius 3 is 2.82 bits per heavy atom. The highest BCUT2D eigenvalue weighted by Crippen LogP contribution is 2.36. The SMILES string of the molecule is COC1=CC2(O)C=CC1(OC)CC(=O)NCC2. The van der Waals surface area contributed by atoms with Gasteiger partial charge in [-0.3, -0.25) is 4.79 Å². The Bertz CT molecular complexity index is 390. The van der Waals surface area contributed by atoms with E-state index in [-0.39, 0.29) is 12.3 Å². The molecule has 0 aromatic heterocycles. The molecule has 2 unspecified atom stereocenters. The number of rotatable bonds is 2. The van der Waals surface area contributed by atoms with Gasteiger partial charge < -0.3 is 19.9 Å². The number of ether oxygens (including phenoxy) is 2. The maximum absolute atomic E-state index is 11.7.